The maximum absolute atomic E-state index is 11.7. The molecule has 1 aliphatic heterocycles. The Hall–Kier alpha value is -0.610. The molecule has 0 radical (unpaired) electrons. The number of carbonyl (C=O) groups is 1. The summed E-state index contributed by atoms with van der Waals surface area (Å²) in [5, 5.41) is 15.3. The number of piperidine rings is 1. The normalized spacial score (nSPS) is 21.8. The minimum absolute atomic E-state index is 0.0955. The quantitative estimate of drug-likeness (QED) is 0.642. The number of aliphatic hydroxyl groups excluding tert-OH is 1. The molecular formula is C12H24N2O2. The maximum atomic E-state index is 11.7. The molecule has 1 heterocycles. The highest BCUT2D eigenvalue weighted by molar-refractivity contribution is 5.76. The summed E-state index contributed by atoms with van der Waals surface area (Å²) >= 11 is 0. The lowest BCUT2D eigenvalue weighted by Gasteiger charge is -2.24. The summed E-state index contributed by atoms with van der Waals surface area (Å²) < 4.78 is 0. The van der Waals surface area contributed by atoms with E-state index in [4.69, 9.17) is 5.11 Å². The van der Waals surface area contributed by atoms with Crippen LogP contribution < -0.4 is 10.6 Å². The standard InChI is InChI=1S/C12H24N2O2/c1-12(2,9-15)8-14-11(16)6-10-4-3-5-13-7-10/h10,13,15H,3-9H2,1-2H3,(H,14,16). The Bertz CT molecular complexity index is 223. The van der Waals surface area contributed by atoms with Crippen molar-refractivity contribution in [3.8, 4) is 0 Å². The van der Waals surface area contributed by atoms with Crippen molar-refractivity contribution in [3.05, 3.63) is 0 Å². The van der Waals surface area contributed by atoms with Crippen molar-refractivity contribution < 1.29 is 9.90 Å². The van der Waals surface area contributed by atoms with Gasteiger partial charge in [0.25, 0.3) is 0 Å². The molecule has 0 aromatic heterocycles. The van der Waals surface area contributed by atoms with E-state index >= 15 is 0 Å². The first kappa shape index (κ1) is 13.5. The second-order valence-electron chi connectivity index (χ2n) is 5.52. The van der Waals surface area contributed by atoms with E-state index in [1.54, 1.807) is 0 Å². The zero-order chi connectivity index (χ0) is 12.0. The van der Waals surface area contributed by atoms with Crippen LogP contribution in [-0.2, 0) is 4.79 Å². The number of aliphatic hydroxyl groups is 1. The van der Waals surface area contributed by atoms with Crippen molar-refractivity contribution in [1.82, 2.24) is 10.6 Å². The Morgan fingerprint density at radius 3 is 2.88 bits per heavy atom. The highest BCUT2D eigenvalue weighted by atomic mass is 16.3. The number of hydrogen-bond donors (Lipinski definition) is 3. The largest absolute Gasteiger partial charge is 0.396 e. The first-order valence-electron chi connectivity index (χ1n) is 6.12. The van der Waals surface area contributed by atoms with Crippen molar-refractivity contribution in [2.45, 2.75) is 33.1 Å². The molecule has 16 heavy (non-hydrogen) atoms. The Balaban J connectivity index is 2.19. The van der Waals surface area contributed by atoms with E-state index in [2.05, 4.69) is 10.6 Å². The molecule has 1 atom stereocenters. The third kappa shape index (κ3) is 4.94. The zero-order valence-electron chi connectivity index (χ0n) is 10.4. The summed E-state index contributed by atoms with van der Waals surface area (Å²) in [4.78, 5) is 11.7. The minimum atomic E-state index is -0.222. The molecule has 0 aromatic carbocycles. The van der Waals surface area contributed by atoms with Crippen LogP contribution in [0.15, 0.2) is 0 Å². The van der Waals surface area contributed by atoms with Crippen LogP contribution in [0.2, 0.25) is 0 Å². The fourth-order valence-corrected chi connectivity index (χ4v) is 1.83. The van der Waals surface area contributed by atoms with Crippen molar-refractivity contribution in [2.75, 3.05) is 26.2 Å². The second-order valence-corrected chi connectivity index (χ2v) is 5.52. The van der Waals surface area contributed by atoms with E-state index in [0.29, 0.717) is 18.9 Å². The van der Waals surface area contributed by atoms with Crippen LogP contribution in [0.3, 0.4) is 0 Å². The van der Waals surface area contributed by atoms with E-state index in [0.717, 1.165) is 19.5 Å². The lowest BCUT2D eigenvalue weighted by atomic mass is 9.93. The van der Waals surface area contributed by atoms with Crippen LogP contribution in [0.1, 0.15) is 33.1 Å². The number of amides is 1. The summed E-state index contributed by atoms with van der Waals surface area (Å²) in [6.45, 7) is 6.55. The van der Waals surface area contributed by atoms with Crippen LogP contribution in [-0.4, -0.2) is 37.3 Å². The van der Waals surface area contributed by atoms with E-state index in [9.17, 15) is 4.79 Å². The van der Waals surface area contributed by atoms with E-state index < -0.39 is 0 Å². The van der Waals surface area contributed by atoms with Crippen LogP contribution in [0.5, 0.6) is 0 Å². The number of rotatable bonds is 5. The molecule has 1 aliphatic rings. The van der Waals surface area contributed by atoms with Gasteiger partial charge in [-0.1, -0.05) is 13.8 Å². The fraction of sp³-hybridized carbons (Fsp3) is 0.917. The molecule has 4 heteroatoms. The topological polar surface area (TPSA) is 61.4 Å². The predicted octanol–water partition coefficient (Wildman–Crippen LogP) is 0.511. The van der Waals surface area contributed by atoms with Gasteiger partial charge in [-0.05, 0) is 31.8 Å². The molecule has 1 rings (SSSR count). The Morgan fingerprint density at radius 1 is 1.56 bits per heavy atom. The van der Waals surface area contributed by atoms with Gasteiger partial charge >= 0.3 is 0 Å². The Labute approximate surface area is 97.8 Å². The van der Waals surface area contributed by atoms with Gasteiger partial charge in [0.15, 0.2) is 0 Å². The van der Waals surface area contributed by atoms with Gasteiger partial charge in [-0.2, -0.15) is 0 Å². The molecular weight excluding hydrogens is 204 g/mol. The molecule has 4 nitrogen and oxygen atoms in total. The number of carbonyl (C=O) groups excluding carboxylic acids is 1. The van der Waals surface area contributed by atoms with Gasteiger partial charge in [0, 0.05) is 25.0 Å². The zero-order valence-corrected chi connectivity index (χ0v) is 10.4. The monoisotopic (exact) mass is 228 g/mol. The summed E-state index contributed by atoms with van der Waals surface area (Å²) in [6.07, 6.45) is 2.92. The van der Waals surface area contributed by atoms with Gasteiger partial charge in [0.1, 0.15) is 0 Å². The predicted molar refractivity (Wildman–Crippen MR) is 64.1 cm³/mol. The molecule has 94 valence electrons. The van der Waals surface area contributed by atoms with Gasteiger partial charge in [-0.15, -0.1) is 0 Å². The smallest absolute Gasteiger partial charge is 0.220 e. The van der Waals surface area contributed by atoms with Gasteiger partial charge in [-0.3, -0.25) is 4.79 Å². The van der Waals surface area contributed by atoms with E-state index in [1.165, 1.54) is 6.42 Å². The van der Waals surface area contributed by atoms with Crippen molar-refractivity contribution >= 4 is 5.91 Å². The SMILES string of the molecule is CC(C)(CO)CNC(=O)CC1CCCNC1. The third-order valence-corrected chi connectivity index (χ3v) is 3.07. The molecule has 1 unspecified atom stereocenters. The molecule has 0 bridgehead atoms. The molecule has 1 fully saturated rings. The maximum Gasteiger partial charge on any atom is 0.220 e. The van der Waals surface area contributed by atoms with Crippen molar-refractivity contribution in [3.63, 3.8) is 0 Å². The van der Waals surface area contributed by atoms with Crippen LogP contribution in [0, 0.1) is 11.3 Å². The lowest BCUT2D eigenvalue weighted by molar-refractivity contribution is -0.122. The molecule has 3 N–H and O–H groups in total. The fourth-order valence-electron chi connectivity index (χ4n) is 1.83. The molecule has 0 saturated carbocycles. The van der Waals surface area contributed by atoms with E-state index in [1.807, 2.05) is 13.8 Å². The van der Waals surface area contributed by atoms with Crippen molar-refractivity contribution in [1.29, 1.82) is 0 Å². The van der Waals surface area contributed by atoms with Crippen molar-refractivity contribution in [2.24, 2.45) is 11.3 Å². The number of nitrogens with one attached hydrogen (secondary N) is 2. The van der Waals surface area contributed by atoms with Crippen LogP contribution in [0.4, 0.5) is 0 Å². The molecule has 0 spiro atoms. The molecule has 0 aromatic rings. The number of hydrogen-bond acceptors (Lipinski definition) is 3. The van der Waals surface area contributed by atoms with Gasteiger partial charge in [-0.25, -0.2) is 0 Å². The Kier molecular flexibility index (Phi) is 5.22. The van der Waals surface area contributed by atoms with Crippen LogP contribution >= 0.6 is 0 Å². The third-order valence-electron chi connectivity index (χ3n) is 3.07. The highest BCUT2D eigenvalue weighted by Crippen LogP contribution is 2.15. The van der Waals surface area contributed by atoms with Gasteiger partial charge in [0.05, 0.1) is 0 Å². The summed E-state index contributed by atoms with van der Waals surface area (Å²) in [7, 11) is 0. The molecule has 1 saturated heterocycles. The first-order valence-corrected chi connectivity index (χ1v) is 6.12. The van der Waals surface area contributed by atoms with E-state index in [-0.39, 0.29) is 17.9 Å². The van der Waals surface area contributed by atoms with Gasteiger partial charge in [0.2, 0.25) is 5.91 Å². The minimum Gasteiger partial charge on any atom is -0.396 e. The Morgan fingerprint density at radius 2 is 2.31 bits per heavy atom. The van der Waals surface area contributed by atoms with Crippen LogP contribution in [0.25, 0.3) is 0 Å². The average Bonchev–Trinajstić information content (AvgIpc) is 2.28. The molecule has 1 amide bonds. The lowest BCUT2D eigenvalue weighted by Crippen LogP contribution is -2.38. The highest BCUT2D eigenvalue weighted by Gasteiger charge is 2.20. The summed E-state index contributed by atoms with van der Waals surface area (Å²) in [5.74, 6) is 0.584. The van der Waals surface area contributed by atoms with Gasteiger partial charge < -0.3 is 15.7 Å². The average molecular weight is 228 g/mol. The summed E-state index contributed by atoms with van der Waals surface area (Å²) in [6, 6.07) is 0. The first-order chi connectivity index (χ1) is 7.53. The second kappa shape index (κ2) is 6.21. The summed E-state index contributed by atoms with van der Waals surface area (Å²) in [5.41, 5.74) is -0.222. The molecule has 0 aliphatic carbocycles.